The maximum atomic E-state index is 12.7. The van der Waals surface area contributed by atoms with Gasteiger partial charge in [-0.15, -0.1) is 11.3 Å². The number of esters is 1. The Balaban J connectivity index is 1.69. The molecule has 1 aromatic heterocycles. The third-order valence-electron chi connectivity index (χ3n) is 4.56. The van der Waals surface area contributed by atoms with E-state index in [9.17, 15) is 18.0 Å². The molecule has 0 unspecified atom stereocenters. The predicted octanol–water partition coefficient (Wildman–Crippen LogP) is 6.21. The average molecular weight is 447 g/mol. The second kappa shape index (κ2) is 9.34. The SMILES string of the molecule is COC(=O)C=Cc1ccc(OCc2sc(-c3ccc(C(F)(F)F)cc3)nc2C)cc1C. The van der Waals surface area contributed by atoms with Crippen LogP contribution in [0.2, 0.25) is 0 Å². The van der Waals surface area contributed by atoms with E-state index in [1.165, 1.54) is 36.7 Å². The Morgan fingerprint density at radius 1 is 1.13 bits per heavy atom. The highest BCUT2D eigenvalue weighted by molar-refractivity contribution is 7.15. The predicted molar refractivity (Wildman–Crippen MR) is 114 cm³/mol. The third kappa shape index (κ3) is 5.73. The van der Waals surface area contributed by atoms with E-state index >= 15 is 0 Å². The monoisotopic (exact) mass is 447 g/mol. The van der Waals surface area contributed by atoms with Gasteiger partial charge in [-0.05, 0) is 55.3 Å². The van der Waals surface area contributed by atoms with Gasteiger partial charge in [0.1, 0.15) is 17.4 Å². The van der Waals surface area contributed by atoms with Crippen molar-refractivity contribution in [2.45, 2.75) is 26.6 Å². The Kier molecular flexibility index (Phi) is 6.80. The lowest BCUT2D eigenvalue weighted by molar-refractivity contribution is -0.137. The molecule has 0 amide bonds. The molecule has 3 rings (SSSR count). The van der Waals surface area contributed by atoms with Crippen molar-refractivity contribution < 1.29 is 27.4 Å². The molecule has 1 heterocycles. The Morgan fingerprint density at radius 2 is 1.84 bits per heavy atom. The van der Waals surface area contributed by atoms with Gasteiger partial charge in [-0.1, -0.05) is 18.2 Å². The highest BCUT2D eigenvalue weighted by Crippen LogP contribution is 2.33. The number of aromatic nitrogens is 1. The molecule has 0 atom stereocenters. The maximum Gasteiger partial charge on any atom is 0.416 e. The van der Waals surface area contributed by atoms with Gasteiger partial charge in [-0.3, -0.25) is 0 Å². The lowest BCUT2D eigenvalue weighted by Crippen LogP contribution is -2.03. The van der Waals surface area contributed by atoms with Crippen molar-refractivity contribution >= 4 is 23.4 Å². The Morgan fingerprint density at radius 3 is 2.45 bits per heavy atom. The number of ether oxygens (including phenoxy) is 2. The molecule has 0 N–H and O–H groups in total. The van der Waals surface area contributed by atoms with Crippen molar-refractivity contribution in [3.8, 4) is 16.3 Å². The number of halogens is 3. The zero-order valence-electron chi connectivity index (χ0n) is 17.1. The summed E-state index contributed by atoms with van der Waals surface area (Å²) < 4.78 is 48.7. The van der Waals surface area contributed by atoms with E-state index in [4.69, 9.17) is 4.74 Å². The molecule has 2 aromatic carbocycles. The zero-order chi connectivity index (χ0) is 22.6. The number of methoxy groups -OCH3 is 1. The van der Waals surface area contributed by atoms with Crippen molar-refractivity contribution in [2.75, 3.05) is 7.11 Å². The molecule has 31 heavy (non-hydrogen) atoms. The summed E-state index contributed by atoms with van der Waals surface area (Å²) in [7, 11) is 1.32. The summed E-state index contributed by atoms with van der Waals surface area (Å²) in [5.74, 6) is 0.237. The minimum atomic E-state index is -4.36. The maximum absolute atomic E-state index is 12.7. The lowest BCUT2D eigenvalue weighted by Gasteiger charge is -2.08. The van der Waals surface area contributed by atoms with E-state index in [0.29, 0.717) is 22.9 Å². The van der Waals surface area contributed by atoms with Crippen LogP contribution in [0.15, 0.2) is 48.5 Å². The fourth-order valence-electron chi connectivity index (χ4n) is 2.79. The van der Waals surface area contributed by atoms with Gasteiger partial charge < -0.3 is 9.47 Å². The first-order valence-electron chi connectivity index (χ1n) is 9.31. The second-order valence-electron chi connectivity index (χ2n) is 6.77. The smallest absolute Gasteiger partial charge is 0.416 e. The molecule has 0 saturated carbocycles. The van der Waals surface area contributed by atoms with Crippen LogP contribution in [0.4, 0.5) is 13.2 Å². The molecule has 0 aliphatic heterocycles. The van der Waals surface area contributed by atoms with Gasteiger partial charge >= 0.3 is 12.1 Å². The van der Waals surface area contributed by atoms with Crippen LogP contribution in [0, 0.1) is 13.8 Å². The van der Waals surface area contributed by atoms with Gasteiger partial charge in [0.25, 0.3) is 0 Å². The van der Waals surface area contributed by atoms with Crippen LogP contribution in [0.5, 0.6) is 5.75 Å². The number of hydrogen-bond donors (Lipinski definition) is 0. The molecule has 0 aliphatic rings. The highest BCUT2D eigenvalue weighted by atomic mass is 32.1. The fraction of sp³-hybridized carbons (Fsp3) is 0.217. The summed E-state index contributed by atoms with van der Waals surface area (Å²) >= 11 is 1.39. The quantitative estimate of drug-likeness (QED) is 0.333. The minimum Gasteiger partial charge on any atom is -0.488 e. The van der Waals surface area contributed by atoms with Crippen molar-refractivity contribution in [2.24, 2.45) is 0 Å². The van der Waals surface area contributed by atoms with Crippen LogP contribution in [-0.4, -0.2) is 18.1 Å². The Hall–Kier alpha value is -3.13. The Bertz CT molecular complexity index is 1100. The topological polar surface area (TPSA) is 48.4 Å². The average Bonchev–Trinajstić information content (AvgIpc) is 3.11. The molecular formula is C23H20F3NO3S. The number of aryl methyl sites for hydroxylation is 2. The summed E-state index contributed by atoms with van der Waals surface area (Å²) in [6.45, 7) is 4.04. The minimum absolute atomic E-state index is 0.293. The normalized spacial score (nSPS) is 11.7. The van der Waals surface area contributed by atoms with E-state index in [-0.39, 0.29) is 0 Å². The first kappa shape index (κ1) is 22.6. The molecule has 0 spiro atoms. The van der Waals surface area contributed by atoms with E-state index in [1.807, 2.05) is 26.0 Å². The molecule has 4 nitrogen and oxygen atoms in total. The number of thiazole rings is 1. The van der Waals surface area contributed by atoms with Gasteiger partial charge in [0, 0.05) is 11.6 Å². The molecular weight excluding hydrogens is 427 g/mol. The summed E-state index contributed by atoms with van der Waals surface area (Å²) in [5.41, 5.74) is 2.52. The van der Waals surface area contributed by atoms with Crippen LogP contribution >= 0.6 is 11.3 Å². The van der Waals surface area contributed by atoms with Crippen LogP contribution in [0.1, 0.15) is 27.3 Å². The number of rotatable bonds is 6. The van der Waals surface area contributed by atoms with E-state index in [1.54, 1.807) is 12.1 Å². The van der Waals surface area contributed by atoms with Gasteiger partial charge in [0.15, 0.2) is 0 Å². The first-order chi connectivity index (χ1) is 14.7. The summed E-state index contributed by atoms with van der Waals surface area (Å²) in [4.78, 5) is 16.6. The number of benzene rings is 2. The largest absolute Gasteiger partial charge is 0.488 e. The molecule has 0 radical (unpaired) electrons. The van der Waals surface area contributed by atoms with Crippen LogP contribution in [0.3, 0.4) is 0 Å². The lowest BCUT2D eigenvalue weighted by atomic mass is 10.1. The Labute approximate surface area is 182 Å². The first-order valence-corrected chi connectivity index (χ1v) is 10.1. The number of nitrogens with zero attached hydrogens (tertiary/aromatic N) is 1. The fourth-order valence-corrected chi connectivity index (χ4v) is 3.77. The zero-order valence-corrected chi connectivity index (χ0v) is 17.9. The summed E-state index contributed by atoms with van der Waals surface area (Å²) in [5, 5.41) is 0.643. The molecule has 0 saturated heterocycles. The highest BCUT2D eigenvalue weighted by Gasteiger charge is 2.30. The van der Waals surface area contributed by atoms with Crippen LogP contribution in [-0.2, 0) is 22.3 Å². The van der Waals surface area contributed by atoms with Gasteiger partial charge in [0.05, 0.1) is 23.2 Å². The molecule has 3 aromatic rings. The number of carbonyl (C=O) groups is 1. The van der Waals surface area contributed by atoms with Crippen molar-refractivity contribution in [1.82, 2.24) is 4.98 Å². The molecule has 0 aliphatic carbocycles. The van der Waals surface area contributed by atoms with Crippen molar-refractivity contribution in [3.63, 3.8) is 0 Å². The third-order valence-corrected chi connectivity index (χ3v) is 5.74. The second-order valence-corrected chi connectivity index (χ2v) is 7.85. The summed E-state index contributed by atoms with van der Waals surface area (Å²) in [6.07, 6.45) is -1.33. The van der Waals surface area contributed by atoms with Crippen molar-refractivity contribution in [1.29, 1.82) is 0 Å². The van der Waals surface area contributed by atoms with Gasteiger partial charge in [0.2, 0.25) is 0 Å². The standard InChI is InChI=1S/C23H20F3NO3S/c1-14-12-19(10-6-16(14)7-11-21(28)29-3)30-13-20-15(2)27-22(31-20)17-4-8-18(9-5-17)23(24,25)26/h4-12H,13H2,1-3H3. The number of hydrogen-bond acceptors (Lipinski definition) is 5. The van der Waals surface area contributed by atoms with Crippen molar-refractivity contribution in [3.05, 3.63) is 75.8 Å². The molecule has 0 bridgehead atoms. The van der Waals surface area contributed by atoms with Gasteiger partial charge in [-0.25, -0.2) is 9.78 Å². The molecule has 8 heteroatoms. The summed E-state index contributed by atoms with van der Waals surface area (Å²) in [6, 6.07) is 10.5. The van der Waals surface area contributed by atoms with E-state index in [0.717, 1.165) is 33.8 Å². The molecule has 162 valence electrons. The van der Waals surface area contributed by atoms with Crippen LogP contribution < -0.4 is 4.74 Å². The van der Waals surface area contributed by atoms with E-state index < -0.39 is 17.7 Å². The molecule has 0 fully saturated rings. The number of alkyl halides is 3. The van der Waals surface area contributed by atoms with Gasteiger partial charge in [-0.2, -0.15) is 13.2 Å². The number of carbonyl (C=O) groups excluding carboxylic acids is 1. The van der Waals surface area contributed by atoms with Crippen LogP contribution in [0.25, 0.3) is 16.6 Å². The van der Waals surface area contributed by atoms with E-state index in [2.05, 4.69) is 9.72 Å².